The van der Waals surface area contributed by atoms with Gasteiger partial charge in [0, 0.05) is 19.8 Å². The van der Waals surface area contributed by atoms with Crippen molar-refractivity contribution < 1.29 is 17.9 Å². The van der Waals surface area contributed by atoms with E-state index in [1.165, 1.54) is 52.7 Å². The molecule has 0 saturated heterocycles. The van der Waals surface area contributed by atoms with Crippen molar-refractivity contribution in [2.45, 2.75) is 18.0 Å². The second-order valence-electron chi connectivity index (χ2n) is 4.55. The van der Waals surface area contributed by atoms with Gasteiger partial charge in [-0.05, 0) is 17.7 Å². The second-order valence-corrected chi connectivity index (χ2v) is 6.60. The average Bonchev–Trinajstić information content (AvgIpc) is 2.91. The van der Waals surface area contributed by atoms with E-state index >= 15 is 0 Å². The van der Waals surface area contributed by atoms with E-state index in [1.54, 1.807) is 0 Å². The summed E-state index contributed by atoms with van der Waals surface area (Å²) in [6.07, 6.45) is 2.61. The van der Waals surface area contributed by atoms with Crippen molar-refractivity contribution in [2.75, 3.05) is 13.7 Å². The highest BCUT2D eigenvalue weighted by Crippen LogP contribution is 2.16. The van der Waals surface area contributed by atoms with Crippen LogP contribution < -0.4 is 0 Å². The fourth-order valence-electron chi connectivity index (χ4n) is 1.81. The van der Waals surface area contributed by atoms with Gasteiger partial charge in [-0.1, -0.05) is 12.1 Å². The Morgan fingerprint density at radius 1 is 1.33 bits per heavy atom. The lowest BCUT2D eigenvalue weighted by molar-refractivity contribution is 0.269. The zero-order valence-corrected chi connectivity index (χ0v) is 12.3. The lowest BCUT2D eigenvalue weighted by Crippen LogP contribution is -2.26. The Bertz CT molecular complexity index is 698. The van der Waals surface area contributed by atoms with Crippen LogP contribution in [-0.2, 0) is 23.1 Å². The number of hydrogen-bond acceptors (Lipinski definition) is 4. The molecule has 2 rings (SSSR count). The van der Waals surface area contributed by atoms with Gasteiger partial charge >= 0.3 is 0 Å². The third-order valence-corrected chi connectivity index (χ3v) is 4.72. The summed E-state index contributed by atoms with van der Waals surface area (Å²) in [7, 11) is -2.22. The van der Waals surface area contributed by atoms with E-state index in [1.807, 2.05) is 0 Å². The van der Waals surface area contributed by atoms with Crippen molar-refractivity contribution in [3.63, 3.8) is 0 Å². The average molecular weight is 313 g/mol. The van der Waals surface area contributed by atoms with Crippen LogP contribution in [0.5, 0.6) is 0 Å². The van der Waals surface area contributed by atoms with E-state index in [4.69, 9.17) is 5.11 Å². The first kappa shape index (κ1) is 15.6. The Hall–Kier alpha value is -1.77. The molecule has 8 heteroatoms. The lowest BCUT2D eigenvalue weighted by atomic mass is 10.2. The molecule has 21 heavy (non-hydrogen) atoms. The Morgan fingerprint density at radius 2 is 2.00 bits per heavy atom. The van der Waals surface area contributed by atoms with Crippen molar-refractivity contribution in [1.29, 1.82) is 0 Å². The maximum atomic E-state index is 12.8. The molecule has 0 radical (unpaired) electrons. The van der Waals surface area contributed by atoms with Gasteiger partial charge in [0.25, 0.3) is 0 Å². The van der Waals surface area contributed by atoms with Crippen molar-refractivity contribution >= 4 is 10.0 Å². The van der Waals surface area contributed by atoms with Gasteiger partial charge in [0.2, 0.25) is 10.0 Å². The van der Waals surface area contributed by atoms with Gasteiger partial charge in [0.15, 0.2) is 0 Å². The van der Waals surface area contributed by atoms with Crippen molar-refractivity contribution in [3.05, 3.63) is 48.0 Å². The van der Waals surface area contributed by atoms with Crippen molar-refractivity contribution in [3.8, 4) is 0 Å². The van der Waals surface area contributed by atoms with Gasteiger partial charge in [-0.15, -0.1) is 0 Å². The fourth-order valence-corrected chi connectivity index (χ4v) is 2.93. The molecule has 0 fully saturated rings. The Morgan fingerprint density at radius 3 is 2.62 bits per heavy atom. The molecule has 1 heterocycles. The molecular formula is C13H16FN3O3S. The summed E-state index contributed by atoms with van der Waals surface area (Å²) in [5.74, 6) is -0.366. The largest absolute Gasteiger partial charge is 0.394 e. The highest BCUT2D eigenvalue weighted by Gasteiger charge is 2.22. The molecule has 1 N–H and O–H groups in total. The minimum atomic E-state index is -3.67. The van der Waals surface area contributed by atoms with Crippen molar-refractivity contribution in [1.82, 2.24) is 14.1 Å². The normalized spacial score (nSPS) is 12.0. The number of nitrogens with zero attached hydrogens (tertiary/aromatic N) is 3. The Labute approximate surface area is 122 Å². The molecule has 1 aromatic carbocycles. The molecule has 0 amide bonds. The summed E-state index contributed by atoms with van der Waals surface area (Å²) in [6.45, 7) is 0.248. The van der Waals surface area contributed by atoms with Crippen LogP contribution in [0.2, 0.25) is 0 Å². The molecule has 0 aliphatic carbocycles. The Kier molecular flexibility index (Phi) is 4.71. The predicted octanol–water partition coefficient (Wildman–Crippen LogP) is 0.835. The van der Waals surface area contributed by atoms with Gasteiger partial charge in [0.1, 0.15) is 10.7 Å². The molecule has 0 unspecified atom stereocenters. The molecular weight excluding hydrogens is 297 g/mol. The molecule has 1 aromatic heterocycles. The maximum absolute atomic E-state index is 12.8. The zero-order valence-electron chi connectivity index (χ0n) is 11.5. The van der Waals surface area contributed by atoms with Crippen LogP contribution in [0.4, 0.5) is 4.39 Å². The number of aliphatic hydroxyl groups excluding tert-OH is 1. The molecule has 2 aromatic rings. The van der Waals surface area contributed by atoms with E-state index in [-0.39, 0.29) is 30.4 Å². The van der Waals surface area contributed by atoms with E-state index in [9.17, 15) is 12.8 Å². The van der Waals surface area contributed by atoms with Crippen LogP contribution >= 0.6 is 0 Å². The summed E-state index contributed by atoms with van der Waals surface area (Å²) in [5, 5.41) is 12.7. The summed E-state index contributed by atoms with van der Waals surface area (Å²) in [5.41, 5.74) is 0.685. The van der Waals surface area contributed by atoms with Gasteiger partial charge in [-0.3, -0.25) is 4.68 Å². The molecule has 6 nitrogen and oxygen atoms in total. The third kappa shape index (κ3) is 3.66. The van der Waals surface area contributed by atoms with Gasteiger partial charge < -0.3 is 5.11 Å². The zero-order chi connectivity index (χ0) is 15.5. The number of benzene rings is 1. The number of aromatic nitrogens is 2. The monoisotopic (exact) mass is 313 g/mol. The standard InChI is InChI=1S/C13H16FN3O3S/c1-16(9-11-2-4-12(14)5-3-11)21(19,20)13-8-15-17(10-13)6-7-18/h2-5,8,10,18H,6-7,9H2,1H3. The molecule has 114 valence electrons. The van der Waals surface area contributed by atoms with Gasteiger partial charge in [-0.2, -0.15) is 9.40 Å². The van der Waals surface area contributed by atoms with E-state index in [0.29, 0.717) is 5.56 Å². The third-order valence-electron chi connectivity index (χ3n) is 2.97. The molecule has 0 aliphatic rings. The van der Waals surface area contributed by atoms with Gasteiger partial charge in [0.05, 0.1) is 19.3 Å². The minimum Gasteiger partial charge on any atom is -0.394 e. The quantitative estimate of drug-likeness (QED) is 0.857. The van der Waals surface area contributed by atoms with Crippen LogP contribution in [0.25, 0.3) is 0 Å². The number of halogens is 1. The SMILES string of the molecule is CN(Cc1ccc(F)cc1)S(=O)(=O)c1cnn(CCO)c1. The second kappa shape index (κ2) is 6.33. The van der Waals surface area contributed by atoms with Crippen LogP contribution in [0.3, 0.4) is 0 Å². The van der Waals surface area contributed by atoms with E-state index in [0.717, 1.165) is 0 Å². The summed E-state index contributed by atoms with van der Waals surface area (Å²) >= 11 is 0. The highest BCUT2D eigenvalue weighted by molar-refractivity contribution is 7.89. The summed E-state index contributed by atoms with van der Waals surface area (Å²) in [6, 6.07) is 5.65. The van der Waals surface area contributed by atoms with E-state index < -0.39 is 10.0 Å². The number of rotatable bonds is 6. The molecule has 0 bridgehead atoms. The predicted molar refractivity (Wildman–Crippen MR) is 74.4 cm³/mol. The van der Waals surface area contributed by atoms with Crippen LogP contribution in [0, 0.1) is 5.82 Å². The molecule has 0 atom stereocenters. The fraction of sp³-hybridized carbons (Fsp3) is 0.308. The van der Waals surface area contributed by atoms with Crippen molar-refractivity contribution in [2.24, 2.45) is 0 Å². The number of hydrogen-bond donors (Lipinski definition) is 1. The highest BCUT2D eigenvalue weighted by atomic mass is 32.2. The van der Waals surface area contributed by atoms with E-state index in [2.05, 4.69) is 5.10 Å². The summed E-state index contributed by atoms with van der Waals surface area (Å²) < 4.78 is 40.1. The molecule has 0 aliphatic heterocycles. The first-order chi connectivity index (χ1) is 9.93. The van der Waals surface area contributed by atoms with Crippen LogP contribution in [-0.4, -0.2) is 41.3 Å². The first-order valence-electron chi connectivity index (χ1n) is 6.27. The number of sulfonamides is 1. The van der Waals surface area contributed by atoms with Crippen LogP contribution in [0.15, 0.2) is 41.6 Å². The minimum absolute atomic E-state index is 0.0561. The Balaban J connectivity index is 2.15. The first-order valence-corrected chi connectivity index (χ1v) is 7.71. The molecule has 0 spiro atoms. The lowest BCUT2D eigenvalue weighted by Gasteiger charge is -2.16. The number of aliphatic hydroxyl groups is 1. The molecule has 0 saturated carbocycles. The van der Waals surface area contributed by atoms with Gasteiger partial charge in [-0.25, -0.2) is 12.8 Å². The topological polar surface area (TPSA) is 75.4 Å². The summed E-state index contributed by atoms with van der Waals surface area (Å²) in [4.78, 5) is 0.0561. The maximum Gasteiger partial charge on any atom is 0.246 e. The van der Waals surface area contributed by atoms with Crippen LogP contribution in [0.1, 0.15) is 5.56 Å². The smallest absolute Gasteiger partial charge is 0.246 e.